The zero-order valence-corrected chi connectivity index (χ0v) is 26.2. The number of carbonyl (C=O) groups excluding carboxylic acids is 3. The molecule has 9 nitrogen and oxygen atoms in total. The van der Waals surface area contributed by atoms with Gasteiger partial charge in [-0.15, -0.1) is 0 Å². The average molecular weight is 645 g/mol. The van der Waals surface area contributed by atoms with Crippen LogP contribution in [0.5, 0.6) is 5.75 Å². The van der Waals surface area contributed by atoms with Crippen molar-refractivity contribution >= 4 is 29.3 Å². The van der Waals surface area contributed by atoms with E-state index in [4.69, 9.17) is 30.4 Å². The van der Waals surface area contributed by atoms with Crippen molar-refractivity contribution in [2.45, 2.75) is 19.8 Å². The number of carbonyl (C=O) groups is 3. The molecule has 9 heteroatoms. The van der Waals surface area contributed by atoms with Crippen molar-refractivity contribution in [3.05, 3.63) is 173 Å². The predicted octanol–water partition coefficient (Wildman–Crippen LogP) is 7.17. The molecular weight excluding hydrogens is 608 g/mol. The zero-order chi connectivity index (χ0) is 34.1. The Balaban J connectivity index is 0.000000218. The third-order valence-corrected chi connectivity index (χ3v) is 6.60. The lowest BCUT2D eigenvalue weighted by Crippen LogP contribution is -2.10. The van der Waals surface area contributed by atoms with Gasteiger partial charge >= 0.3 is 17.9 Å². The second-order valence-electron chi connectivity index (χ2n) is 10.4. The van der Waals surface area contributed by atoms with Gasteiger partial charge in [0.25, 0.3) is 0 Å². The van der Waals surface area contributed by atoms with Gasteiger partial charge in [-0.25, -0.2) is 14.4 Å². The summed E-state index contributed by atoms with van der Waals surface area (Å²) in [6.07, 6.45) is 1.46. The minimum Gasteiger partial charge on any atom is -0.489 e. The molecule has 0 saturated carbocycles. The molecule has 0 atom stereocenters. The van der Waals surface area contributed by atoms with E-state index < -0.39 is 17.9 Å². The second kappa shape index (κ2) is 18.0. The fraction of sp³-hybridized carbons (Fsp3) is 0.103. The third kappa shape index (κ3) is 11.2. The Bertz CT molecular complexity index is 1810. The summed E-state index contributed by atoms with van der Waals surface area (Å²) in [7, 11) is 0. The molecule has 0 saturated heterocycles. The largest absolute Gasteiger partial charge is 0.489 e. The number of ether oxygens (including phenoxy) is 4. The number of anilines is 2. The van der Waals surface area contributed by atoms with Gasteiger partial charge in [0, 0.05) is 17.4 Å². The van der Waals surface area contributed by atoms with Gasteiger partial charge in [0.1, 0.15) is 32.2 Å². The Morgan fingerprint density at radius 1 is 0.521 bits per heavy atom. The number of nitrogens with two attached hydrogens (primary N) is 2. The van der Waals surface area contributed by atoms with E-state index >= 15 is 0 Å². The molecule has 0 aliphatic heterocycles. The number of esters is 3. The van der Waals surface area contributed by atoms with Gasteiger partial charge in [-0.05, 0) is 47.0 Å². The number of nitrogen functional groups attached to an aromatic ring is 2. The first kappa shape index (κ1) is 34.5. The fourth-order valence-corrected chi connectivity index (χ4v) is 4.28. The van der Waals surface area contributed by atoms with Crippen molar-refractivity contribution in [3.63, 3.8) is 0 Å². The molecule has 5 aromatic carbocycles. The molecule has 0 aliphatic rings. The molecule has 0 aromatic heterocycles. The van der Waals surface area contributed by atoms with Crippen molar-refractivity contribution in [1.29, 1.82) is 0 Å². The van der Waals surface area contributed by atoms with Crippen LogP contribution in [0.3, 0.4) is 0 Å². The summed E-state index contributed by atoms with van der Waals surface area (Å²) in [5.74, 6) is -1.02. The Morgan fingerprint density at radius 2 is 0.917 bits per heavy atom. The van der Waals surface area contributed by atoms with E-state index in [1.54, 1.807) is 18.2 Å². The molecule has 48 heavy (non-hydrogen) atoms. The first-order valence-corrected chi connectivity index (χ1v) is 15.0. The Kier molecular flexibility index (Phi) is 12.9. The molecular formula is C39H36N2O7. The quantitative estimate of drug-likeness (QED) is 0.0626. The van der Waals surface area contributed by atoms with Crippen LogP contribution in [0.2, 0.25) is 0 Å². The highest BCUT2D eigenvalue weighted by Gasteiger charge is 2.15. The van der Waals surface area contributed by atoms with Crippen LogP contribution in [-0.4, -0.2) is 24.5 Å². The van der Waals surface area contributed by atoms with E-state index in [0.29, 0.717) is 23.6 Å². The summed E-state index contributed by atoms with van der Waals surface area (Å²) in [5, 5.41) is 0. The maximum Gasteiger partial charge on any atom is 0.338 e. The van der Waals surface area contributed by atoms with E-state index in [0.717, 1.165) is 16.7 Å². The van der Waals surface area contributed by atoms with Crippen LogP contribution in [0.15, 0.2) is 140 Å². The first-order chi connectivity index (χ1) is 23.3. The number of rotatable bonds is 12. The van der Waals surface area contributed by atoms with Gasteiger partial charge in [0.05, 0.1) is 16.7 Å². The number of hydrogen-bond donors (Lipinski definition) is 2. The topological polar surface area (TPSA) is 140 Å². The molecule has 5 rings (SSSR count). The van der Waals surface area contributed by atoms with Crippen LogP contribution in [0.25, 0.3) is 0 Å². The monoisotopic (exact) mass is 644 g/mol. The van der Waals surface area contributed by atoms with Crippen LogP contribution >= 0.6 is 0 Å². The van der Waals surface area contributed by atoms with Crippen LogP contribution in [0, 0.1) is 0 Å². The van der Waals surface area contributed by atoms with E-state index in [-0.39, 0.29) is 36.6 Å². The third-order valence-electron chi connectivity index (χ3n) is 6.60. The molecule has 0 amide bonds. The van der Waals surface area contributed by atoms with E-state index in [1.807, 2.05) is 91.0 Å². The standard InChI is InChI=1S/C21H19NO3.C18H17NO4/c22-19-11-18(21(23)25-15-17-9-5-2-6-10-17)12-20(13-19)24-14-16-7-3-1-4-8-16;1-2-8-22-17(20)14-9-15(11-16(19)10-14)18(21)23-12-13-6-4-3-5-7-13/h1-13H,14-15,22H2;2-7,9-11H,1,8,12,19H2. The molecule has 5 aromatic rings. The number of hydrogen-bond acceptors (Lipinski definition) is 9. The van der Waals surface area contributed by atoms with E-state index in [1.165, 1.54) is 24.3 Å². The Hall–Kier alpha value is -6.35. The van der Waals surface area contributed by atoms with Crippen LogP contribution in [-0.2, 0) is 34.0 Å². The maximum atomic E-state index is 12.3. The lowest BCUT2D eigenvalue weighted by Gasteiger charge is -2.10. The first-order valence-electron chi connectivity index (χ1n) is 15.0. The lowest BCUT2D eigenvalue weighted by atomic mass is 10.1. The zero-order valence-electron chi connectivity index (χ0n) is 26.2. The molecule has 0 bridgehead atoms. The van der Waals surface area contributed by atoms with E-state index in [9.17, 15) is 14.4 Å². The van der Waals surface area contributed by atoms with Gasteiger partial charge in [-0.2, -0.15) is 0 Å². The molecule has 0 radical (unpaired) electrons. The van der Waals surface area contributed by atoms with Crippen molar-refractivity contribution in [3.8, 4) is 5.75 Å². The minimum atomic E-state index is -0.575. The van der Waals surface area contributed by atoms with Crippen molar-refractivity contribution < 1.29 is 33.3 Å². The van der Waals surface area contributed by atoms with Crippen molar-refractivity contribution in [2.75, 3.05) is 18.1 Å². The minimum absolute atomic E-state index is 0.0847. The molecule has 244 valence electrons. The lowest BCUT2D eigenvalue weighted by molar-refractivity contribution is 0.0463. The summed E-state index contributed by atoms with van der Waals surface area (Å²) in [6.45, 7) is 4.32. The average Bonchev–Trinajstić information content (AvgIpc) is 3.12. The summed E-state index contributed by atoms with van der Waals surface area (Å²) >= 11 is 0. The molecule has 0 aliphatic carbocycles. The molecule has 0 unspecified atom stereocenters. The van der Waals surface area contributed by atoms with Gasteiger partial charge in [-0.3, -0.25) is 0 Å². The second-order valence-corrected chi connectivity index (χ2v) is 10.4. The molecule has 0 heterocycles. The summed E-state index contributed by atoms with van der Waals surface area (Å²) in [5.41, 5.74) is 16.0. The number of benzene rings is 5. The highest BCUT2D eigenvalue weighted by molar-refractivity contribution is 5.97. The Morgan fingerprint density at radius 3 is 1.38 bits per heavy atom. The smallest absolute Gasteiger partial charge is 0.338 e. The van der Waals surface area contributed by atoms with Gasteiger partial charge in [-0.1, -0.05) is 104 Å². The highest BCUT2D eigenvalue weighted by atomic mass is 16.5. The van der Waals surface area contributed by atoms with Crippen LogP contribution in [0.4, 0.5) is 11.4 Å². The molecule has 4 N–H and O–H groups in total. The summed E-state index contributed by atoms with van der Waals surface area (Å²) in [6, 6.07) is 37.8. The van der Waals surface area contributed by atoms with Gasteiger partial charge < -0.3 is 30.4 Å². The summed E-state index contributed by atoms with van der Waals surface area (Å²) < 4.78 is 21.2. The Labute approximate surface area is 279 Å². The molecule has 0 fully saturated rings. The van der Waals surface area contributed by atoms with E-state index in [2.05, 4.69) is 6.58 Å². The maximum absolute atomic E-state index is 12.3. The molecule has 0 spiro atoms. The van der Waals surface area contributed by atoms with Gasteiger partial charge in [0.2, 0.25) is 0 Å². The predicted molar refractivity (Wildman–Crippen MR) is 184 cm³/mol. The van der Waals surface area contributed by atoms with Gasteiger partial charge in [0.15, 0.2) is 0 Å². The SMILES string of the molecule is C=CCOC(=O)c1cc(N)cc(C(=O)OCc2ccccc2)c1.Nc1cc(OCc2ccccc2)cc(C(=O)OCc2ccccc2)c1. The highest BCUT2D eigenvalue weighted by Crippen LogP contribution is 2.21. The normalized spacial score (nSPS) is 10.1. The summed E-state index contributed by atoms with van der Waals surface area (Å²) in [4.78, 5) is 36.2. The fourth-order valence-electron chi connectivity index (χ4n) is 4.28. The van der Waals surface area contributed by atoms with Crippen LogP contribution < -0.4 is 16.2 Å². The van der Waals surface area contributed by atoms with Crippen molar-refractivity contribution in [2.24, 2.45) is 0 Å². The van der Waals surface area contributed by atoms with Crippen molar-refractivity contribution in [1.82, 2.24) is 0 Å². The van der Waals surface area contributed by atoms with Crippen LogP contribution in [0.1, 0.15) is 47.8 Å².